The summed E-state index contributed by atoms with van der Waals surface area (Å²) < 4.78 is 0. The molecule has 3 amide bonds. The van der Waals surface area contributed by atoms with Gasteiger partial charge in [-0.3, -0.25) is 14.4 Å². The highest BCUT2D eigenvalue weighted by molar-refractivity contribution is 7.99. The quantitative estimate of drug-likeness (QED) is 0.651. The van der Waals surface area contributed by atoms with Crippen LogP contribution in [0.4, 0.5) is 17.1 Å². The smallest absolute Gasteiger partial charge is 0.259 e. The summed E-state index contributed by atoms with van der Waals surface area (Å²) in [6, 6.07) is 19.7. The fourth-order valence-corrected chi connectivity index (χ4v) is 4.35. The summed E-state index contributed by atoms with van der Waals surface area (Å²) in [7, 11) is 1.75. The SMILES string of the molecule is CC(=O)Nc1ccc(C(=O)Nc2ccc3c(c2)Sc2ccccc2C(=O)N3C)cc1. The van der Waals surface area contributed by atoms with Gasteiger partial charge in [-0.15, -0.1) is 0 Å². The minimum absolute atomic E-state index is 0.0621. The molecular formula is C23H19N3O3S. The van der Waals surface area contributed by atoms with Gasteiger partial charge in [0.05, 0.1) is 11.3 Å². The topological polar surface area (TPSA) is 78.5 Å². The van der Waals surface area contributed by atoms with Gasteiger partial charge in [0, 0.05) is 40.7 Å². The number of carbonyl (C=O) groups is 3. The number of fused-ring (bicyclic) bond motifs is 2. The summed E-state index contributed by atoms with van der Waals surface area (Å²) in [4.78, 5) is 39.9. The Morgan fingerprint density at radius 3 is 2.30 bits per heavy atom. The minimum Gasteiger partial charge on any atom is -0.326 e. The van der Waals surface area contributed by atoms with Crippen LogP contribution in [0.2, 0.25) is 0 Å². The van der Waals surface area contributed by atoms with Crippen LogP contribution in [-0.2, 0) is 4.79 Å². The van der Waals surface area contributed by atoms with Crippen LogP contribution < -0.4 is 15.5 Å². The zero-order chi connectivity index (χ0) is 21.3. The molecule has 0 aliphatic carbocycles. The average Bonchev–Trinajstić information content (AvgIpc) is 2.83. The standard InChI is InChI=1S/C23H19N3O3S/c1-14(27)24-16-9-7-15(8-10-16)22(28)25-17-11-12-19-21(13-17)30-20-6-4-3-5-18(20)23(29)26(19)2/h3-13H,1-2H3,(H,24,27)(H,25,28). The molecule has 0 unspecified atom stereocenters. The lowest BCUT2D eigenvalue weighted by Crippen LogP contribution is -2.26. The van der Waals surface area contributed by atoms with Crippen LogP contribution in [0.3, 0.4) is 0 Å². The molecule has 0 fully saturated rings. The van der Waals surface area contributed by atoms with E-state index in [1.54, 1.807) is 42.3 Å². The van der Waals surface area contributed by atoms with E-state index in [-0.39, 0.29) is 17.7 Å². The number of hydrogen-bond acceptors (Lipinski definition) is 4. The molecule has 6 nitrogen and oxygen atoms in total. The Morgan fingerprint density at radius 2 is 1.57 bits per heavy atom. The number of rotatable bonds is 3. The van der Waals surface area contributed by atoms with Gasteiger partial charge in [-0.2, -0.15) is 0 Å². The van der Waals surface area contributed by atoms with Crippen molar-refractivity contribution in [2.24, 2.45) is 0 Å². The largest absolute Gasteiger partial charge is 0.326 e. The average molecular weight is 417 g/mol. The van der Waals surface area contributed by atoms with Gasteiger partial charge >= 0.3 is 0 Å². The Labute approximate surface area is 178 Å². The second-order valence-electron chi connectivity index (χ2n) is 6.86. The number of nitrogens with one attached hydrogen (secondary N) is 2. The van der Waals surface area contributed by atoms with Crippen molar-refractivity contribution in [1.82, 2.24) is 0 Å². The van der Waals surface area contributed by atoms with Crippen LogP contribution in [0.1, 0.15) is 27.6 Å². The summed E-state index contributed by atoms with van der Waals surface area (Å²) in [5, 5.41) is 5.57. The zero-order valence-electron chi connectivity index (χ0n) is 16.4. The highest BCUT2D eigenvalue weighted by Gasteiger charge is 2.24. The molecule has 1 aliphatic rings. The van der Waals surface area contributed by atoms with Crippen molar-refractivity contribution < 1.29 is 14.4 Å². The molecule has 30 heavy (non-hydrogen) atoms. The van der Waals surface area contributed by atoms with E-state index in [2.05, 4.69) is 10.6 Å². The third-order valence-electron chi connectivity index (χ3n) is 4.69. The highest BCUT2D eigenvalue weighted by atomic mass is 32.2. The molecule has 150 valence electrons. The van der Waals surface area contributed by atoms with Gasteiger partial charge in [-0.25, -0.2) is 0 Å². The summed E-state index contributed by atoms with van der Waals surface area (Å²) >= 11 is 1.50. The second-order valence-corrected chi connectivity index (χ2v) is 7.94. The Hall–Kier alpha value is -3.58. The highest BCUT2D eigenvalue weighted by Crippen LogP contribution is 2.42. The molecule has 7 heteroatoms. The van der Waals surface area contributed by atoms with E-state index in [1.807, 2.05) is 36.4 Å². The molecule has 3 aromatic carbocycles. The van der Waals surface area contributed by atoms with Gasteiger partial charge in [0.2, 0.25) is 5.91 Å². The minimum atomic E-state index is -0.257. The van der Waals surface area contributed by atoms with Crippen LogP contribution in [-0.4, -0.2) is 24.8 Å². The van der Waals surface area contributed by atoms with Crippen LogP contribution in [0.5, 0.6) is 0 Å². The maximum Gasteiger partial charge on any atom is 0.259 e. The van der Waals surface area contributed by atoms with Crippen molar-refractivity contribution >= 4 is 46.5 Å². The summed E-state index contributed by atoms with van der Waals surface area (Å²) in [5.41, 5.74) is 3.19. The maximum absolute atomic E-state index is 12.8. The van der Waals surface area contributed by atoms with Gasteiger partial charge in [-0.1, -0.05) is 23.9 Å². The molecule has 0 saturated heterocycles. The number of anilines is 3. The van der Waals surface area contributed by atoms with E-state index in [0.717, 1.165) is 15.5 Å². The molecule has 0 saturated carbocycles. The molecule has 3 aromatic rings. The predicted octanol–water partition coefficient (Wildman–Crippen LogP) is 4.64. The normalized spacial score (nSPS) is 12.5. The summed E-state index contributed by atoms with van der Waals surface area (Å²) in [6.07, 6.45) is 0. The lowest BCUT2D eigenvalue weighted by atomic mass is 10.1. The van der Waals surface area contributed by atoms with Crippen LogP contribution in [0.15, 0.2) is 76.5 Å². The Kier molecular flexibility index (Phi) is 5.29. The predicted molar refractivity (Wildman–Crippen MR) is 118 cm³/mol. The first-order chi connectivity index (χ1) is 14.4. The van der Waals surface area contributed by atoms with Gasteiger partial charge in [-0.05, 0) is 54.6 Å². The first kappa shape index (κ1) is 19.7. The van der Waals surface area contributed by atoms with Crippen molar-refractivity contribution in [1.29, 1.82) is 0 Å². The number of nitrogens with zero attached hydrogens (tertiary/aromatic N) is 1. The first-order valence-electron chi connectivity index (χ1n) is 9.30. The molecule has 0 spiro atoms. The lowest BCUT2D eigenvalue weighted by molar-refractivity contribution is -0.114. The number of hydrogen-bond donors (Lipinski definition) is 2. The molecule has 0 aromatic heterocycles. The van der Waals surface area contributed by atoms with Crippen molar-refractivity contribution in [2.45, 2.75) is 16.7 Å². The number of carbonyl (C=O) groups excluding carboxylic acids is 3. The molecule has 2 N–H and O–H groups in total. The molecule has 0 radical (unpaired) electrons. The van der Waals surface area contributed by atoms with Crippen molar-refractivity contribution in [3.05, 3.63) is 77.9 Å². The number of benzene rings is 3. The van der Waals surface area contributed by atoms with Crippen molar-refractivity contribution in [2.75, 3.05) is 22.6 Å². The molecule has 1 heterocycles. The maximum atomic E-state index is 12.8. The van der Waals surface area contributed by atoms with E-state index < -0.39 is 0 Å². The molecule has 0 bridgehead atoms. The van der Waals surface area contributed by atoms with E-state index in [1.165, 1.54) is 18.7 Å². The fraction of sp³-hybridized carbons (Fsp3) is 0.0870. The van der Waals surface area contributed by atoms with Crippen LogP contribution in [0.25, 0.3) is 0 Å². The van der Waals surface area contributed by atoms with Crippen molar-refractivity contribution in [3.63, 3.8) is 0 Å². The first-order valence-corrected chi connectivity index (χ1v) is 10.1. The Morgan fingerprint density at radius 1 is 0.867 bits per heavy atom. The van der Waals surface area contributed by atoms with Crippen LogP contribution >= 0.6 is 11.8 Å². The van der Waals surface area contributed by atoms with E-state index in [0.29, 0.717) is 22.5 Å². The third kappa shape index (κ3) is 3.92. The van der Waals surface area contributed by atoms with Crippen molar-refractivity contribution in [3.8, 4) is 0 Å². The number of amides is 3. The van der Waals surface area contributed by atoms with E-state index in [4.69, 9.17) is 0 Å². The van der Waals surface area contributed by atoms with E-state index >= 15 is 0 Å². The molecule has 1 aliphatic heterocycles. The van der Waals surface area contributed by atoms with Crippen LogP contribution in [0, 0.1) is 0 Å². The fourth-order valence-electron chi connectivity index (χ4n) is 3.20. The summed E-state index contributed by atoms with van der Waals surface area (Å²) in [5.74, 6) is -0.486. The third-order valence-corrected chi connectivity index (χ3v) is 5.81. The van der Waals surface area contributed by atoms with Gasteiger partial charge < -0.3 is 15.5 Å². The molecule has 4 rings (SSSR count). The molecule has 0 atom stereocenters. The Balaban J connectivity index is 1.58. The second kappa shape index (κ2) is 8.04. The Bertz CT molecular complexity index is 1160. The van der Waals surface area contributed by atoms with Gasteiger partial charge in [0.15, 0.2) is 0 Å². The van der Waals surface area contributed by atoms with E-state index in [9.17, 15) is 14.4 Å². The monoisotopic (exact) mass is 417 g/mol. The summed E-state index contributed by atoms with van der Waals surface area (Å²) in [6.45, 7) is 1.43. The lowest BCUT2D eigenvalue weighted by Gasteiger charge is -2.18. The molecular weight excluding hydrogens is 398 g/mol. The zero-order valence-corrected chi connectivity index (χ0v) is 17.2. The van der Waals surface area contributed by atoms with Gasteiger partial charge in [0.1, 0.15) is 0 Å². The van der Waals surface area contributed by atoms with Gasteiger partial charge in [0.25, 0.3) is 11.8 Å².